The van der Waals surface area contributed by atoms with Crippen molar-refractivity contribution in [3.63, 3.8) is 0 Å². The Labute approximate surface area is 157 Å². The zero-order valence-electron chi connectivity index (χ0n) is 13.4. The predicted molar refractivity (Wildman–Crippen MR) is 98.7 cm³/mol. The molecule has 3 rings (SSSR count). The van der Waals surface area contributed by atoms with Gasteiger partial charge in [0, 0.05) is 29.6 Å². The molecule has 0 aliphatic carbocycles. The molecule has 0 unspecified atom stereocenters. The second-order valence-corrected chi connectivity index (χ2v) is 8.76. The topological polar surface area (TPSA) is 54.5 Å². The van der Waals surface area contributed by atoms with E-state index >= 15 is 0 Å². The van der Waals surface area contributed by atoms with Gasteiger partial charge in [-0.15, -0.1) is 0 Å². The quantitative estimate of drug-likeness (QED) is 0.723. The van der Waals surface area contributed by atoms with Gasteiger partial charge in [0.2, 0.25) is 10.0 Å². The van der Waals surface area contributed by atoms with Gasteiger partial charge in [-0.25, -0.2) is 8.42 Å². The smallest absolute Gasteiger partial charge is 0.244 e. The van der Waals surface area contributed by atoms with Crippen LogP contribution in [0.2, 0.25) is 10.0 Å². The van der Waals surface area contributed by atoms with Crippen molar-refractivity contribution >= 4 is 39.0 Å². The van der Waals surface area contributed by atoms with E-state index in [0.29, 0.717) is 30.0 Å². The highest BCUT2D eigenvalue weighted by Gasteiger charge is 2.34. The van der Waals surface area contributed by atoms with Gasteiger partial charge in [-0.2, -0.15) is 4.31 Å². The van der Waals surface area contributed by atoms with Crippen molar-refractivity contribution in [3.8, 4) is 0 Å². The Balaban J connectivity index is 1.84. The molecule has 0 N–H and O–H groups in total. The molecule has 2 aromatic carbocycles. The van der Waals surface area contributed by atoms with Gasteiger partial charge in [-0.3, -0.25) is 4.79 Å². The molecule has 2 aromatic rings. The highest BCUT2D eigenvalue weighted by molar-refractivity contribution is 7.89. The SMILES string of the molecule is O=C(c1cccc(Cl)c1)[C@@H]1CCCN(S(=O)(=O)c2ccccc2Cl)C1. The maximum Gasteiger partial charge on any atom is 0.244 e. The number of ketones is 1. The van der Waals surface area contributed by atoms with Crippen LogP contribution in [-0.4, -0.2) is 31.6 Å². The molecular formula is C18H17Cl2NO3S. The molecule has 1 atom stereocenters. The first kappa shape index (κ1) is 18.4. The number of hydrogen-bond donors (Lipinski definition) is 0. The summed E-state index contributed by atoms with van der Waals surface area (Å²) in [6.45, 7) is 0.534. The number of carbonyl (C=O) groups excluding carboxylic acids is 1. The van der Waals surface area contributed by atoms with E-state index in [1.54, 1.807) is 42.5 Å². The van der Waals surface area contributed by atoms with Gasteiger partial charge in [0.05, 0.1) is 5.02 Å². The third-order valence-electron chi connectivity index (χ3n) is 4.32. The lowest BCUT2D eigenvalue weighted by Gasteiger charge is -2.31. The molecule has 1 aliphatic heterocycles. The van der Waals surface area contributed by atoms with Crippen LogP contribution in [0.1, 0.15) is 23.2 Å². The first-order valence-corrected chi connectivity index (χ1v) is 10.1. The zero-order valence-corrected chi connectivity index (χ0v) is 15.7. The lowest BCUT2D eigenvalue weighted by atomic mass is 9.91. The van der Waals surface area contributed by atoms with Gasteiger partial charge in [0.1, 0.15) is 4.90 Å². The van der Waals surface area contributed by atoms with Crippen LogP contribution in [0.15, 0.2) is 53.4 Å². The van der Waals surface area contributed by atoms with Crippen molar-refractivity contribution in [1.82, 2.24) is 4.31 Å². The van der Waals surface area contributed by atoms with Gasteiger partial charge in [-0.1, -0.05) is 47.5 Å². The lowest BCUT2D eigenvalue weighted by molar-refractivity contribution is 0.0872. The number of sulfonamides is 1. The minimum absolute atomic E-state index is 0.0764. The standard InChI is InChI=1S/C18H17Cl2NO3S/c19-15-7-3-5-13(11-15)18(22)14-6-4-10-21(12-14)25(23,24)17-9-2-1-8-16(17)20/h1-3,5,7-9,11,14H,4,6,10,12H2/t14-/m1/s1. The number of nitrogens with zero attached hydrogens (tertiary/aromatic N) is 1. The Morgan fingerprint density at radius 3 is 2.56 bits per heavy atom. The number of piperidine rings is 1. The molecule has 4 nitrogen and oxygen atoms in total. The van der Waals surface area contributed by atoms with E-state index in [2.05, 4.69) is 0 Å². The number of carbonyl (C=O) groups is 1. The van der Waals surface area contributed by atoms with Gasteiger partial charge in [-0.05, 0) is 37.1 Å². The molecule has 25 heavy (non-hydrogen) atoms. The van der Waals surface area contributed by atoms with E-state index in [1.807, 2.05) is 0 Å². The maximum absolute atomic E-state index is 12.9. The molecule has 1 aliphatic rings. The minimum atomic E-state index is -3.73. The normalized spacial score (nSPS) is 18.9. The fourth-order valence-corrected chi connectivity index (χ4v) is 5.25. The average Bonchev–Trinajstić information content (AvgIpc) is 2.61. The van der Waals surface area contributed by atoms with E-state index in [9.17, 15) is 13.2 Å². The van der Waals surface area contributed by atoms with E-state index in [0.717, 1.165) is 0 Å². The van der Waals surface area contributed by atoms with Crippen molar-refractivity contribution in [2.75, 3.05) is 13.1 Å². The molecule has 0 saturated carbocycles. The van der Waals surface area contributed by atoms with Gasteiger partial charge >= 0.3 is 0 Å². The minimum Gasteiger partial charge on any atom is -0.294 e. The Kier molecular flexibility index (Phi) is 5.49. The first-order chi connectivity index (χ1) is 11.9. The number of Topliss-reactive ketones (excluding diaryl/α,β-unsaturated/α-hetero) is 1. The molecule has 132 valence electrons. The van der Waals surface area contributed by atoms with Crippen LogP contribution >= 0.6 is 23.2 Å². The second kappa shape index (κ2) is 7.46. The molecule has 1 saturated heterocycles. The molecule has 0 bridgehead atoms. The van der Waals surface area contributed by atoms with E-state index in [-0.39, 0.29) is 28.2 Å². The van der Waals surface area contributed by atoms with E-state index < -0.39 is 10.0 Å². The summed E-state index contributed by atoms with van der Waals surface area (Å²) in [6.07, 6.45) is 1.28. The predicted octanol–water partition coefficient (Wildman–Crippen LogP) is 4.28. The van der Waals surface area contributed by atoms with Gasteiger partial charge < -0.3 is 0 Å². The third kappa shape index (κ3) is 3.90. The molecule has 1 fully saturated rings. The van der Waals surface area contributed by atoms with Crippen LogP contribution in [0.5, 0.6) is 0 Å². The van der Waals surface area contributed by atoms with Crippen molar-refractivity contribution in [3.05, 3.63) is 64.1 Å². The Hall–Kier alpha value is -1.40. The number of halogens is 2. The highest BCUT2D eigenvalue weighted by Crippen LogP contribution is 2.29. The average molecular weight is 398 g/mol. The van der Waals surface area contributed by atoms with Crippen LogP contribution in [0, 0.1) is 5.92 Å². The summed E-state index contributed by atoms with van der Waals surface area (Å²) in [6, 6.07) is 13.1. The molecule has 0 amide bonds. The first-order valence-electron chi connectivity index (χ1n) is 7.94. The number of rotatable bonds is 4. The second-order valence-electron chi connectivity index (χ2n) is 6.01. The van der Waals surface area contributed by atoms with Crippen LogP contribution in [-0.2, 0) is 10.0 Å². The van der Waals surface area contributed by atoms with Crippen molar-refractivity contribution in [2.24, 2.45) is 5.92 Å². The number of hydrogen-bond acceptors (Lipinski definition) is 3. The summed E-state index contributed by atoms with van der Waals surface area (Å²) in [4.78, 5) is 12.8. The zero-order chi connectivity index (χ0) is 18.0. The fourth-order valence-electron chi connectivity index (χ4n) is 3.05. The lowest BCUT2D eigenvalue weighted by Crippen LogP contribution is -2.42. The van der Waals surface area contributed by atoms with Gasteiger partial charge in [0.25, 0.3) is 0 Å². The largest absolute Gasteiger partial charge is 0.294 e. The summed E-state index contributed by atoms with van der Waals surface area (Å²) in [5.41, 5.74) is 0.509. The van der Waals surface area contributed by atoms with Gasteiger partial charge in [0.15, 0.2) is 5.78 Å². The van der Waals surface area contributed by atoms with Crippen LogP contribution in [0.25, 0.3) is 0 Å². The Bertz CT molecular complexity index is 899. The summed E-state index contributed by atoms with van der Waals surface area (Å²) in [5.74, 6) is -0.467. The summed E-state index contributed by atoms with van der Waals surface area (Å²) >= 11 is 12.0. The van der Waals surface area contributed by atoms with Crippen LogP contribution < -0.4 is 0 Å². The highest BCUT2D eigenvalue weighted by atomic mass is 35.5. The summed E-state index contributed by atoms with van der Waals surface area (Å²) in [5, 5.41) is 0.674. The van der Waals surface area contributed by atoms with Crippen molar-refractivity contribution in [1.29, 1.82) is 0 Å². The molecule has 7 heteroatoms. The molecule has 0 aromatic heterocycles. The molecule has 0 radical (unpaired) electrons. The Morgan fingerprint density at radius 1 is 1.08 bits per heavy atom. The van der Waals surface area contributed by atoms with Crippen LogP contribution in [0.3, 0.4) is 0 Å². The summed E-state index contributed by atoms with van der Waals surface area (Å²) in [7, 11) is -3.73. The third-order valence-corrected chi connectivity index (χ3v) is 6.92. The Morgan fingerprint density at radius 2 is 1.84 bits per heavy atom. The van der Waals surface area contributed by atoms with Crippen LogP contribution in [0.4, 0.5) is 0 Å². The maximum atomic E-state index is 12.9. The van der Waals surface area contributed by atoms with E-state index in [1.165, 1.54) is 10.4 Å². The molecular weight excluding hydrogens is 381 g/mol. The molecule has 1 heterocycles. The summed E-state index contributed by atoms with van der Waals surface area (Å²) < 4.78 is 27.1. The molecule has 0 spiro atoms. The van der Waals surface area contributed by atoms with Crippen molar-refractivity contribution in [2.45, 2.75) is 17.7 Å². The van der Waals surface area contributed by atoms with Crippen molar-refractivity contribution < 1.29 is 13.2 Å². The fraction of sp³-hybridized carbons (Fsp3) is 0.278. The number of benzene rings is 2. The van der Waals surface area contributed by atoms with E-state index in [4.69, 9.17) is 23.2 Å². The monoisotopic (exact) mass is 397 g/mol.